The van der Waals surface area contributed by atoms with Crippen molar-refractivity contribution in [2.75, 3.05) is 29.4 Å². The molecular weight excluding hydrogens is 587 g/mol. The molecule has 0 spiro atoms. The first kappa shape index (κ1) is 29.9. The number of benzene rings is 3. The maximum absolute atomic E-state index is 13.0. The second kappa shape index (κ2) is 11.8. The van der Waals surface area contributed by atoms with E-state index < -0.39 is 37.7 Å². The maximum Gasteiger partial charge on any atom is 0.416 e. The summed E-state index contributed by atoms with van der Waals surface area (Å²) < 4.78 is 93.5. The van der Waals surface area contributed by atoms with E-state index in [0.717, 1.165) is 17.0 Å². The molecular formula is C26H26F3N3O5S3. The Kier molecular flexibility index (Phi) is 8.83. The first-order valence-corrected chi connectivity index (χ1v) is 16.2. The topological polar surface area (TPSA) is 113 Å². The number of amides is 1. The zero-order valence-electron chi connectivity index (χ0n) is 21.2. The summed E-state index contributed by atoms with van der Waals surface area (Å²) in [6.45, 7) is 0.367. The fraction of sp³-hybridized carbons (Fsp3) is 0.269. The quantitative estimate of drug-likeness (QED) is 0.335. The minimum Gasteiger partial charge on any atom is -0.326 e. The van der Waals surface area contributed by atoms with Crippen LogP contribution in [0.2, 0.25) is 0 Å². The molecule has 0 unspecified atom stereocenters. The number of hydrogen-bond donors (Lipinski definition) is 2. The zero-order valence-corrected chi connectivity index (χ0v) is 23.6. The van der Waals surface area contributed by atoms with Crippen LogP contribution in [0, 0.1) is 5.92 Å². The number of thioether (sulfide) groups is 1. The lowest BCUT2D eigenvalue weighted by Gasteiger charge is -2.30. The molecule has 14 heteroatoms. The van der Waals surface area contributed by atoms with E-state index in [1.165, 1.54) is 46.4 Å². The highest BCUT2D eigenvalue weighted by Gasteiger charge is 2.33. The van der Waals surface area contributed by atoms with Crippen LogP contribution in [-0.4, -0.2) is 46.4 Å². The Bertz CT molecular complexity index is 1570. The molecule has 0 aromatic heterocycles. The predicted octanol–water partition coefficient (Wildman–Crippen LogP) is 5.27. The van der Waals surface area contributed by atoms with Gasteiger partial charge in [0.2, 0.25) is 15.9 Å². The Morgan fingerprint density at radius 3 is 2.05 bits per heavy atom. The van der Waals surface area contributed by atoms with Gasteiger partial charge in [-0.1, -0.05) is 6.07 Å². The smallest absolute Gasteiger partial charge is 0.326 e. The van der Waals surface area contributed by atoms with Crippen molar-refractivity contribution in [1.82, 2.24) is 4.31 Å². The van der Waals surface area contributed by atoms with Crippen molar-refractivity contribution in [3.63, 3.8) is 0 Å². The van der Waals surface area contributed by atoms with E-state index in [1.54, 1.807) is 24.3 Å². The summed E-state index contributed by atoms with van der Waals surface area (Å²) in [6, 6.07) is 15.7. The van der Waals surface area contributed by atoms with Crippen molar-refractivity contribution in [3.8, 4) is 0 Å². The summed E-state index contributed by atoms with van der Waals surface area (Å²) in [6.07, 6.45) is -2.08. The van der Waals surface area contributed by atoms with Crippen LogP contribution in [0.15, 0.2) is 87.5 Å². The van der Waals surface area contributed by atoms with Gasteiger partial charge in [-0.25, -0.2) is 16.8 Å². The Balaban J connectivity index is 1.34. The van der Waals surface area contributed by atoms with E-state index in [9.17, 15) is 34.8 Å². The molecule has 1 aliphatic rings. The number of nitrogens with one attached hydrogen (secondary N) is 2. The predicted molar refractivity (Wildman–Crippen MR) is 147 cm³/mol. The van der Waals surface area contributed by atoms with Gasteiger partial charge in [0.15, 0.2) is 0 Å². The summed E-state index contributed by atoms with van der Waals surface area (Å²) in [4.78, 5) is 13.7. The van der Waals surface area contributed by atoms with Crippen LogP contribution in [0.25, 0.3) is 0 Å². The number of anilines is 2. The minimum atomic E-state index is -4.62. The number of rotatable bonds is 8. The molecule has 0 aliphatic carbocycles. The largest absolute Gasteiger partial charge is 0.416 e. The highest BCUT2D eigenvalue weighted by atomic mass is 32.2. The van der Waals surface area contributed by atoms with Gasteiger partial charge in [-0.15, -0.1) is 11.8 Å². The molecule has 1 fully saturated rings. The third-order valence-corrected chi connectivity index (χ3v) is 10.4. The van der Waals surface area contributed by atoms with Crippen LogP contribution < -0.4 is 10.0 Å². The molecule has 4 rings (SSSR count). The average Bonchev–Trinajstić information content (AvgIpc) is 2.93. The highest BCUT2D eigenvalue weighted by Crippen LogP contribution is 2.31. The van der Waals surface area contributed by atoms with Gasteiger partial charge < -0.3 is 5.32 Å². The van der Waals surface area contributed by atoms with Crippen LogP contribution in [-0.2, 0) is 31.0 Å². The second-order valence-corrected chi connectivity index (χ2v) is 13.6. The average molecular weight is 614 g/mol. The number of carbonyl (C=O) groups excluding carboxylic acids is 1. The molecule has 8 nitrogen and oxygen atoms in total. The van der Waals surface area contributed by atoms with Crippen molar-refractivity contribution in [1.29, 1.82) is 0 Å². The van der Waals surface area contributed by atoms with Gasteiger partial charge in [-0.3, -0.25) is 9.52 Å². The van der Waals surface area contributed by atoms with Crippen LogP contribution >= 0.6 is 11.8 Å². The third kappa shape index (κ3) is 6.97. The molecule has 1 heterocycles. The number of piperidine rings is 1. The summed E-state index contributed by atoms with van der Waals surface area (Å²) in [7, 11) is -7.85. The summed E-state index contributed by atoms with van der Waals surface area (Å²) >= 11 is 1.51. The normalized spacial score (nSPS) is 15.5. The van der Waals surface area contributed by atoms with Gasteiger partial charge in [0, 0.05) is 35.3 Å². The van der Waals surface area contributed by atoms with Crippen LogP contribution in [0.5, 0.6) is 0 Å². The summed E-state index contributed by atoms with van der Waals surface area (Å²) in [5.74, 6) is -0.754. The van der Waals surface area contributed by atoms with Crippen molar-refractivity contribution < 1.29 is 34.8 Å². The number of alkyl halides is 3. The van der Waals surface area contributed by atoms with Crippen molar-refractivity contribution in [2.45, 2.75) is 33.7 Å². The molecule has 214 valence electrons. The Hall–Kier alpha value is -3.07. The minimum absolute atomic E-state index is 0.184. The highest BCUT2D eigenvalue weighted by molar-refractivity contribution is 7.98. The number of halogens is 3. The van der Waals surface area contributed by atoms with Crippen molar-refractivity contribution >= 4 is 49.1 Å². The number of sulfonamides is 2. The Labute approximate surface area is 235 Å². The van der Waals surface area contributed by atoms with E-state index in [0.29, 0.717) is 24.6 Å². The lowest BCUT2D eigenvalue weighted by molar-refractivity contribution is -0.137. The summed E-state index contributed by atoms with van der Waals surface area (Å²) in [5, 5.41) is 2.71. The van der Waals surface area contributed by atoms with Crippen molar-refractivity contribution in [3.05, 3.63) is 78.4 Å². The molecule has 0 radical (unpaired) electrons. The van der Waals surface area contributed by atoms with Gasteiger partial charge in [-0.2, -0.15) is 17.5 Å². The Morgan fingerprint density at radius 1 is 0.875 bits per heavy atom. The van der Waals surface area contributed by atoms with Gasteiger partial charge in [0.25, 0.3) is 10.0 Å². The molecule has 0 saturated carbocycles. The maximum atomic E-state index is 13.0. The molecule has 2 N–H and O–H groups in total. The van der Waals surface area contributed by atoms with E-state index in [-0.39, 0.29) is 34.5 Å². The molecule has 0 atom stereocenters. The van der Waals surface area contributed by atoms with Gasteiger partial charge in [0.05, 0.1) is 15.4 Å². The van der Waals surface area contributed by atoms with E-state index in [1.807, 2.05) is 6.26 Å². The molecule has 3 aromatic rings. The zero-order chi connectivity index (χ0) is 29.1. The molecule has 3 aromatic carbocycles. The fourth-order valence-electron chi connectivity index (χ4n) is 4.19. The third-order valence-electron chi connectivity index (χ3n) is 6.40. The standard InChI is InChI=1S/C26H26F3N3O5S3/c1-38-22-7-11-24(12-8-22)40(36,37)32-15-13-18(14-16-32)25(33)30-20-5-9-23(10-6-20)39(34,35)31-21-4-2-3-19(17-21)26(27,28)29/h2-12,17-18,31H,13-16H2,1H3,(H,30,33). The van der Waals surface area contributed by atoms with E-state index >= 15 is 0 Å². The van der Waals surface area contributed by atoms with Crippen LogP contribution in [0.3, 0.4) is 0 Å². The summed E-state index contributed by atoms with van der Waals surface area (Å²) in [5.41, 5.74) is -0.900. The van der Waals surface area contributed by atoms with E-state index in [2.05, 4.69) is 10.0 Å². The fourth-order valence-corrected chi connectivity index (χ4v) is 7.12. The van der Waals surface area contributed by atoms with E-state index in [4.69, 9.17) is 0 Å². The SMILES string of the molecule is CSc1ccc(S(=O)(=O)N2CCC(C(=O)Nc3ccc(S(=O)(=O)Nc4cccc(C(F)(F)F)c4)cc3)CC2)cc1. The van der Waals surface area contributed by atoms with Gasteiger partial charge in [-0.05, 0) is 85.8 Å². The van der Waals surface area contributed by atoms with Crippen molar-refractivity contribution in [2.24, 2.45) is 5.92 Å². The number of hydrogen-bond acceptors (Lipinski definition) is 6. The Morgan fingerprint density at radius 2 is 1.48 bits per heavy atom. The molecule has 1 aliphatic heterocycles. The molecule has 1 amide bonds. The monoisotopic (exact) mass is 613 g/mol. The first-order valence-electron chi connectivity index (χ1n) is 12.0. The molecule has 1 saturated heterocycles. The molecule has 0 bridgehead atoms. The van der Waals surface area contributed by atoms with Gasteiger partial charge >= 0.3 is 6.18 Å². The van der Waals surface area contributed by atoms with Crippen LogP contribution in [0.4, 0.5) is 24.5 Å². The first-order chi connectivity index (χ1) is 18.8. The van der Waals surface area contributed by atoms with Crippen LogP contribution in [0.1, 0.15) is 18.4 Å². The second-order valence-electron chi connectivity index (χ2n) is 9.05. The number of carbonyl (C=O) groups is 1. The van der Waals surface area contributed by atoms with Gasteiger partial charge in [0.1, 0.15) is 0 Å². The number of nitrogens with zero attached hydrogens (tertiary/aromatic N) is 1. The molecule has 40 heavy (non-hydrogen) atoms. The lowest BCUT2D eigenvalue weighted by atomic mass is 9.97. The lowest BCUT2D eigenvalue weighted by Crippen LogP contribution is -2.41.